The largest absolute Gasteiger partial charge is 0.372 e. The summed E-state index contributed by atoms with van der Waals surface area (Å²) in [6.07, 6.45) is 8.34. The van der Waals surface area contributed by atoms with E-state index in [2.05, 4.69) is 15.3 Å². The second-order valence-corrected chi connectivity index (χ2v) is 6.07. The Labute approximate surface area is 136 Å². The number of likely N-dealkylation sites (tertiary alicyclic amines) is 1. The smallest absolute Gasteiger partial charge is 0.270 e. The third-order valence-electron chi connectivity index (χ3n) is 4.46. The molecule has 2 aromatic rings. The molecule has 23 heavy (non-hydrogen) atoms. The Balaban J connectivity index is 1.69. The summed E-state index contributed by atoms with van der Waals surface area (Å²) < 4.78 is 1.88. The van der Waals surface area contributed by atoms with Crippen molar-refractivity contribution in [1.29, 1.82) is 0 Å². The van der Waals surface area contributed by atoms with E-state index < -0.39 is 0 Å². The number of amides is 1. The Kier molecular flexibility index (Phi) is 4.60. The van der Waals surface area contributed by atoms with Crippen LogP contribution >= 0.6 is 0 Å². The number of nitrogens with one attached hydrogen (secondary N) is 1. The topological polar surface area (TPSA) is 63.1 Å². The van der Waals surface area contributed by atoms with Crippen LogP contribution in [-0.4, -0.2) is 45.5 Å². The van der Waals surface area contributed by atoms with Crippen LogP contribution in [0, 0.1) is 5.92 Å². The van der Waals surface area contributed by atoms with Gasteiger partial charge in [-0.15, -0.1) is 0 Å². The lowest BCUT2D eigenvalue weighted by molar-refractivity contribution is 0.0663. The van der Waals surface area contributed by atoms with Crippen LogP contribution in [0.5, 0.6) is 0 Å². The van der Waals surface area contributed by atoms with E-state index in [0.717, 1.165) is 49.6 Å². The maximum atomic E-state index is 12.7. The number of rotatable bonds is 4. The molecule has 1 saturated heterocycles. The first-order chi connectivity index (χ1) is 11.2. The number of aromatic nitrogens is 3. The van der Waals surface area contributed by atoms with Gasteiger partial charge in [-0.3, -0.25) is 9.78 Å². The first-order valence-electron chi connectivity index (χ1n) is 8.07. The number of carbonyl (C=O) groups excluding carboxylic acids is 1. The second-order valence-electron chi connectivity index (χ2n) is 6.07. The molecule has 1 aliphatic heterocycles. The highest BCUT2D eigenvalue weighted by Crippen LogP contribution is 2.23. The number of nitrogens with zero attached hydrogens (tertiary/aromatic N) is 4. The van der Waals surface area contributed by atoms with E-state index in [1.54, 1.807) is 12.4 Å². The van der Waals surface area contributed by atoms with Crippen LogP contribution in [0.1, 0.15) is 29.0 Å². The molecule has 6 nitrogen and oxygen atoms in total. The maximum absolute atomic E-state index is 12.7. The number of aryl methyl sites for hydroxylation is 1. The average molecular weight is 313 g/mol. The minimum atomic E-state index is 0.121. The van der Waals surface area contributed by atoms with Crippen LogP contribution in [0.4, 0.5) is 5.82 Å². The van der Waals surface area contributed by atoms with Gasteiger partial charge in [0.25, 0.3) is 5.91 Å². The fourth-order valence-corrected chi connectivity index (χ4v) is 3.26. The lowest BCUT2D eigenvalue weighted by Gasteiger charge is -2.33. The Morgan fingerprint density at radius 1 is 1.39 bits per heavy atom. The molecule has 0 saturated carbocycles. The standard InChI is InChI=1S/C17H23N5O/c1-18-16-14(19-7-8-20-16)11-13-5-3-10-22(12-13)17(23)15-6-4-9-21(15)2/h4,6-9,13H,3,5,10-12H2,1-2H3,(H,18,20). The fraction of sp³-hybridized carbons (Fsp3) is 0.471. The van der Waals surface area contributed by atoms with Gasteiger partial charge in [-0.1, -0.05) is 0 Å². The summed E-state index contributed by atoms with van der Waals surface area (Å²) in [4.78, 5) is 23.4. The van der Waals surface area contributed by atoms with Gasteiger partial charge in [0.1, 0.15) is 11.5 Å². The quantitative estimate of drug-likeness (QED) is 0.937. The van der Waals surface area contributed by atoms with Crippen LogP contribution in [0.2, 0.25) is 0 Å². The molecule has 0 spiro atoms. The van der Waals surface area contributed by atoms with Crippen molar-refractivity contribution in [3.63, 3.8) is 0 Å². The number of anilines is 1. The molecule has 1 aliphatic rings. The molecule has 3 heterocycles. The zero-order valence-corrected chi connectivity index (χ0v) is 13.7. The van der Waals surface area contributed by atoms with Crippen molar-refractivity contribution >= 4 is 11.7 Å². The lowest BCUT2D eigenvalue weighted by Crippen LogP contribution is -2.41. The Morgan fingerprint density at radius 3 is 2.96 bits per heavy atom. The highest BCUT2D eigenvalue weighted by atomic mass is 16.2. The van der Waals surface area contributed by atoms with Crippen molar-refractivity contribution in [3.05, 3.63) is 42.1 Å². The predicted octanol–water partition coefficient (Wildman–Crippen LogP) is 1.95. The first-order valence-corrected chi connectivity index (χ1v) is 8.07. The Hall–Kier alpha value is -2.37. The van der Waals surface area contributed by atoms with Crippen molar-refractivity contribution in [1.82, 2.24) is 19.4 Å². The molecule has 0 aliphatic carbocycles. The van der Waals surface area contributed by atoms with E-state index in [-0.39, 0.29) is 5.91 Å². The third kappa shape index (κ3) is 3.36. The van der Waals surface area contributed by atoms with Crippen LogP contribution in [0.15, 0.2) is 30.7 Å². The number of hydrogen-bond donors (Lipinski definition) is 1. The highest BCUT2D eigenvalue weighted by molar-refractivity contribution is 5.92. The molecule has 1 fully saturated rings. The predicted molar refractivity (Wildman–Crippen MR) is 89.3 cm³/mol. The zero-order valence-electron chi connectivity index (χ0n) is 13.7. The van der Waals surface area contributed by atoms with Gasteiger partial charge in [0.2, 0.25) is 0 Å². The van der Waals surface area contributed by atoms with Crippen LogP contribution in [0.25, 0.3) is 0 Å². The molecule has 122 valence electrons. The van der Waals surface area contributed by atoms with E-state index in [9.17, 15) is 4.79 Å². The maximum Gasteiger partial charge on any atom is 0.270 e. The van der Waals surface area contributed by atoms with E-state index in [1.807, 2.05) is 41.9 Å². The Morgan fingerprint density at radius 2 is 2.22 bits per heavy atom. The SMILES string of the molecule is CNc1nccnc1CC1CCCN(C(=O)c2cccn2C)C1. The monoisotopic (exact) mass is 313 g/mol. The van der Waals surface area contributed by atoms with Gasteiger partial charge in [0.05, 0.1) is 5.69 Å². The average Bonchev–Trinajstić information content (AvgIpc) is 3.01. The molecule has 2 aromatic heterocycles. The van der Waals surface area contributed by atoms with Gasteiger partial charge in [-0.25, -0.2) is 4.98 Å². The van der Waals surface area contributed by atoms with E-state index in [4.69, 9.17) is 0 Å². The molecule has 3 rings (SSSR count). The van der Waals surface area contributed by atoms with Crippen molar-refractivity contribution < 1.29 is 4.79 Å². The zero-order chi connectivity index (χ0) is 16.2. The Bertz CT molecular complexity index is 681. The van der Waals surface area contributed by atoms with Crippen molar-refractivity contribution in [2.45, 2.75) is 19.3 Å². The molecule has 1 N–H and O–H groups in total. The molecule has 1 unspecified atom stereocenters. The van der Waals surface area contributed by atoms with Gasteiger partial charge >= 0.3 is 0 Å². The summed E-state index contributed by atoms with van der Waals surface area (Å²) >= 11 is 0. The van der Waals surface area contributed by atoms with Gasteiger partial charge in [-0.05, 0) is 37.3 Å². The van der Waals surface area contributed by atoms with Crippen molar-refractivity contribution in [3.8, 4) is 0 Å². The minimum absolute atomic E-state index is 0.121. The van der Waals surface area contributed by atoms with Crippen LogP contribution < -0.4 is 5.32 Å². The van der Waals surface area contributed by atoms with Crippen LogP contribution in [-0.2, 0) is 13.5 Å². The number of piperidine rings is 1. The number of carbonyl (C=O) groups is 1. The molecule has 6 heteroatoms. The van der Waals surface area contributed by atoms with E-state index in [0.29, 0.717) is 5.92 Å². The molecule has 0 bridgehead atoms. The van der Waals surface area contributed by atoms with E-state index in [1.165, 1.54) is 0 Å². The lowest BCUT2D eigenvalue weighted by atomic mass is 9.93. The van der Waals surface area contributed by atoms with Gasteiger partial charge in [0.15, 0.2) is 0 Å². The van der Waals surface area contributed by atoms with Crippen LogP contribution in [0.3, 0.4) is 0 Å². The molecular formula is C17H23N5O. The van der Waals surface area contributed by atoms with Crippen molar-refractivity contribution in [2.75, 3.05) is 25.5 Å². The number of hydrogen-bond acceptors (Lipinski definition) is 4. The molecular weight excluding hydrogens is 290 g/mol. The summed E-state index contributed by atoms with van der Waals surface area (Å²) in [7, 11) is 3.77. The van der Waals surface area contributed by atoms with Gasteiger partial charge < -0.3 is 14.8 Å². The second kappa shape index (κ2) is 6.81. The van der Waals surface area contributed by atoms with Gasteiger partial charge in [0, 0.05) is 45.8 Å². The summed E-state index contributed by atoms with van der Waals surface area (Å²) in [5.74, 6) is 1.38. The molecule has 1 amide bonds. The summed E-state index contributed by atoms with van der Waals surface area (Å²) in [6.45, 7) is 1.61. The summed E-state index contributed by atoms with van der Waals surface area (Å²) in [6, 6.07) is 3.79. The fourth-order valence-electron chi connectivity index (χ4n) is 3.26. The third-order valence-corrected chi connectivity index (χ3v) is 4.46. The summed E-state index contributed by atoms with van der Waals surface area (Å²) in [5, 5.41) is 3.09. The summed E-state index contributed by atoms with van der Waals surface area (Å²) in [5.41, 5.74) is 1.73. The molecule has 1 atom stereocenters. The van der Waals surface area contributed by atoms with E-state index >= 15 is 0 Å². The molecule has 0 aromatic carbocycles. The van der Waals surface area contributed by atoms with Crippen molar-refractivity contribution in [2.24, 2.45) is 13.0 Å². The van der Waals surface area contributed by atoms with Gasteiger partial charge in [-0.2, -0.15) is 0 Å². The first kappa shape index (κ1) is 15.5. The highest BCUT2D eigenvalue weighted by Gasteiger charge is 2.26. The normalized spacial score (nSPS) is 18.0. The minimum Gasteiger partial charge on any atom is -0.372 e. The molecule has 0 radical (unpaired) electrons.